The van der Waals surface area contributed by atoms with Gasteiger partial charge in [0.15, 0.2) is 0 Å². The Morgan fingerprint density at radius 2 is 1.85 bits per heavy atom. The predicted octanol–water partition coefficient (Wildman–Crippen LogP) is 4.30. The molecule has 0 aliphatic heterocycles. The van der Waals surface area contributed by atoms with Crippen LogP contribution in [0.4, 0.5) is 11.4 Å². The molecule has 1 heterocycles. The zero-order valence-electron chi connectivity index (χ0n) is 13.7. The summed E-state index contributed by atoms with van der Waals surface area (Å²) in [5, 5.41) is 13.7. The Hall–Kier alpha value is -3.32. The Balaban J connectivity index is 1.89. The van der Waals surface area contributed by atoms with Crippen LogP contribution >= 0.6 is 11.6 Å². The van der Waals surface area contributed by atoms with Crippen LogP contribution in [0.3, 0.4) is 0 Å². The van der Waals surface area contributed by atoms with E-state index in [1.54, 1.807) is 6.07 Å². The fraction of sp³-hybridized carbons (Fsp3) is 0.0556. The molecule has 0 atom stereocenters. The molecule has 3 rings (SSSR count). The van der Waals surface area contributed by atoms with Crippen LogP contribution in [0.25, 0.3) is 5.69 Å². The molecule has 1 amide bonds. The first kappa shape index (κ1) is 17.5. The minimum absolute atomic E-state index is 0.0558. The lowest BCUT2D eigenvalue weighted by Gasteiger charge is -2.13. The summed E-state index contributed by atoms with van der Waals surface area (Å²) in [6, 6.07) is 12.5. The smallest absolute Gasteiger partial charge is 0.269 e. The molecule has 1 aromatic heterocycles. The van der Waals surface area contributed by atoms with Gasteiger partial charge >= 0.3 is 0 Å². The Labute approximate surface area is 153 Å². The summed E-state index contributed by atoms with van der Waals surface area (Å²) < 4.78 is 7.13. The normalized spacial score (nSPS) is 10.4. The molecule has 0 spiro atoms. The summed E-state index contributed by atoms with van der Waals surface area (Å²) in [5.41, 5.74) is 1.31. The van der Waals surface area contributed by atoms with Crippen molar-refractivity contribution in [3.05, 3.63) is 81.6 Å². The number of rotatable bonds is 5. The molecule has 132 valence electrons. The molecule has 8 heteroatoms. The number of hydrogen-bond donors (Lipinski definition) is 1. The van der Waals surface area contributed by atoms with Crippen molar-refractivity contribution in [2.45, 2.75) is 0 Å². The first-order valence-corrected chi connectivity index (χ1v) is 7.94. The van der Waals surface area contributed by atoms with E-state index in [4.69, 9.17) is 16.3 Å². The van der Waals surface area contributed by atoms with Gasteiger partial charge < -0.3 is 14.6 Å². The number of nitrogens with zero attached hydrogens (tertiary/aromatic N) is 2. The Bertz CT molecular complexity index is 953. The van der Waals surface area contributed by atoms with Gasteiger partial charge in [0.1, 0.15) is 5.75 Å². The lowest BCUT2D eigenvalue weighted by molar-refractivity contribution is -0.384. The number of carbonyl (C=O) groups excluding carboxylic acids is 1. The average molecular weight is 372 g/mol. The van der Waals surface area contributed by atoms with Gasteiger partial charge in [-0.25, -0.2) is 0 Å². The summed E-state index contributed by atoms with van der Waals surface area (Å²) in [6.07, 6.45) is 3.66. The number of amides is 1. The molecule has 0 bridgehead atoms. The molecule has 7 nitrogen and oxygen atoms in total. The molecule has 2 aromatic carbocycles. The highest BCUT2D eigenvalue weighted by molar-refractivity contribution is 6.33. The van der Waals surface area contributed by atoms with Crippen molar-refractivity contribution in [2.24, 2.45) is 0 Å². The number of hydrogen-bond acceptors (Lipinski definition) is 4. The van der Waals surface area contributed by atoms with Crippen molar-refractivity contribution in [1.82, 2.24) is 4.57 Å². The van der Waals surface area contributed by atoms with Gasteiger partial charge in [-0.05, 0) is 30.3 Å². The second kappa shape index (κ2) is 7.28. The Morgan fingerprint density at radius 3 is 2.42 bits per heavy atom. The topological polar surface area (TPSA) is 86.4 Å². The van der Waals surface area contributed by atoms with E-state index in [1.807, 2.05) is 29.1 Å². The molecule has 0 aliphatic carbocycles. The summed E-state index contributed by atoms with van der Waals surface area (Å²) in [7, 11) is 1.46. The maximum absolute atomic E-state index is 12.6. The number of carbonyl (C=O) groups is 1. The first-order chi connectivity index (χ1) is 12.5. The second-order valence-electron chi connectivity index (χ2n) is 5.35. The van der Waals surface area contributed by atoms with Crippen LogP contribution in [0.2, 0.25) is 5.02 Å². The van der Waals surface area contributed by atoms with Gasteiger partial charge in [0.05, 0.1) is 28.3 Å². The van der Waals surface area contributed by atoms with Crippen molar-refractivity contribution in [3.63, 3.8) is 0 Å². The van der Waals surface area contributed by atoms with Gasteiger partial charge in [0, 0.05) is 36.3 Å². The highest BCUT2D eigenvalue weighted by Crippen LogP contribution is 2.30. The van der Waals surface area contributed by atoms with Gasteiger partial charge in [0.25, 0.3) is 11.6 Å². The lowest BCUT2D eigenvalue weighted by Crippen LogP contribution is -2.13. The van der Waals surface area contributed by atoms with Crippen molar-refractivity contribution in [3.8, 4) is 11.4 Å². The highest BCUT2D eigenvalue weighted by Gasteiger charge is 2.17. The molecule has 3 aromatic rings. The third-order valence-electron chi connectivity index (χ3n) is 3.73. The van der Waals surface area contributed by atoms with Crippen LogP contribution in [-0.4, -0.2) is 22.5 Å². The van der Waals surface area contributed by atoms with E-state index in [0.29, 0.717) is 22.1 Å². The van der Waals surface area contributed by atoms with Gasteiger partial charge in [-0.3, -0.25) is 14.9 Å². The van der Waals surface area contributed by atoms with Crippen LogP contribution in [0.5, 0.6) is 5.75 Å². The number of nitrogens with one attached hydrogen (secondary N) is 1. The maximum Gasteiger partial charge on any atom is 0.269 e. The molecule has 0 aliphatic rings. The van der Waals surface area contributed by atoms with Crippen molar-refractivity contribution in [1.29, 1.82) is 0 Å². The average Bonchev–Trinajstić information content (AvgIpc) is 3.16. The highest BCUT2D eigenvalue weighted by atomic mass is 35.5. The SMILES string of the molecule is COc1cc(-n2cccc2)c(Cl)cc1C(=O)Nc1ccc([N+](=O)[O-])cc1. The quantitative estimate of drug-likeness (QED) is 0.535. The van der Waals surface area contributed by atoms with E-state index in [1.165, 1.54) is 37.4 Å². The molecule has 0 saturated heterocycles. The zero-order valence-corrected chi connectivity index (χ0v) is 14.4. The van der Waals surface area contributed by atoms with Crippen LogP contribution < -0.4 is 10.1 Å². The van der Waals surface area contributed by atoms with Gasteiger partial charge in [-0.1, -0.05) is 11.6 Å². The fourth-order valence-corrected chi connectivity index (χ4v) is 2.71. The molecule has 0 radical (unpaired) electrons. The number of nitro groups is 1. The first-order valence-electron chi connectivity index (χ1n) is 7.56. The number of ether oxygens (including phenoxy) is 1. The van der Waals surface area contributed by atoms with E-state index in [-0.39, 0.29) is 11.3 Å². The molecule has 0 unspecified atom stereocenters. The van der Waals surface area contributed by atoms with Crippen LogP contribution in [0.15, 0.2) is 60.9 Å². The fourth-order valence-electron chi connectivity index (χ4n) is 2.45. The summed E-state index contributed by atoms with van der Waals surface area (Å²) in [4.78, 5) is 22.8. The summed E-state index contributed by atoms with van der Waals surface area (Å²) >= 11 is 6.32. The standard InChI is InChI=1S/C18H14ClN3O4/c1-26-17-11-16(21-8-2-3-9-21)15(19)10-14(17)18(23)20-12-4-6-13(7-5-12)22(24)25/h2-11H,1H3,(H,20,23). The summed E-state index contributed by atoms with van der Waals surface area (Å²) in [6.45, 7) is 0. The van der Waals surface area contributed by atoms with Crippen LogP contribution in [-0.2, 0) is 0 Å². The van der Waals surface area contributed by atoms with Crippen LogP contribution in [0, 0.1) is 10.1 Å². The van der Waals surface area contributed by atoms with Crippen LogP contribution in [0.1, 0.15) is 10.4 Å². The van der Waals surface area contributed by atoms with Crippen molar-refractivity contribution < 1.29 is 14.5 Å². The monoisotopic (exact) mass is 371 g/mol. The number of methoxy groups -OCH3 is 1. The van der Waals surface area contributed by atoms with Gasteiger partial charge in [0.2, 0.25) is 0 Å². The lowest BCUT2D eigenvalue weighted by atomic mass is 10.1. The number of anilines is 1. The van der Waals surface area contributed by atoms with E-state index >= 15 is 0 Å². The van der Waals surface area contributed by atoms with E-state index in [9.17, 15) is 14.9 Å². The summed E-state index contributed by atoms with van der Waals surface area (Å²) in [5.74, 6) is -0.0748. The number of nitro benzene ring substituents is 1. The molecule has 0 fully saturated rings. The van der Waals surface area contributed by atoms with E-state index in [2.05, 4.69) is 5.32 Å². The Morgan fingerprint density at radius 1 is 1.19 bits per heavy atom. The van der Waals surface area contributed by atoms with E-state index in [0.717, 1.165) is 0 Å². The largest absolute Gasteiger partial charge is 0.496 e. The predicted molar refractivity (Wildman–Crippen MR) is 98.4 cm³/mol. The maximum atomic E-state index is 12.6. The van der Waals surface area contributed by atoms with Crippen molar-refractivity contribution >= 4 is 28.9 Å². The molecular weight excluding hydrogens is 358 g/mol. The van der Waals surface area contributed by atoms with Gasteiger partial charge in [-0.2, -0.15) is 0 Å². The zero-order chi connectivity index (χ0) is 18.7. The Kier molecular flexibility index (Phi) is 4.90. The number of benzene rings is 2. The van der Waals surface area contributed by atoms with Gasteiger partial charge in [-0.15, -0.1) is 0 Å². The minimum Gasteiger partial charge on any atom is -0.496 e. The second-order valence-corrected chi connectivity index (χ2v) is 5.76. The third kappa shape index (κ3) is 3.52. The van der Waals surface area contributed by atoms with Crippen molar-refractivity contribution in [2.75, 3.05) is 12.4 Å². The minimum atomic E-state index is -0.506. The number of halogens is 1. The molecule has 26 heavy (non-hydrogen) atoms. The number of non-ortho nitro benzene ring substituents is 1. The molecule has 0 saturated carbocycles. The van der Waals surface area contributed by atoms with E-state index < -0.39 is 10.8 Å². The molecule has 1 N–H and O–H groups in total. The third-order valence-corrected chi connectivity index (χ3v) is 4.03. The number of aromatic nitrogens is 1. The molecular formula is C18H14ClN3O4.